The maximum absolute atomic E-state index is 5.65. The average molecular weight is 548 g/mol. The first kappa shape index (κ1) is 37.7. The fourth-order valence-electron chi connectivity index (χ4n) is 3.79. The predicted octanol–water partition coefficient (Wildman–Crippen LogP) is 6.81. The Kier molecular flexibility index (Phi) is 36.4. The fraction of sp³-hybridized carbons (Fsp3) is 0.968. The molecule has 38 heavy (non-hydrogen) atoms. The van der Waals surface area contributed by atoms with E-state index in [1.165, 1.54) is 77.0 Å². The Bertz CT molecular complexity index is 362. The monoisotopic (exact) mass is 547 g/mol. The molecule has 0 bridgehead atoms. The second-order valence-electron chi connectivity index (χ2n) is 9.72. The second kappa shape index (κ2) is 36.7. The van der Waals surface area contributed by atoms with Gasteiger partial charge in [0.15, 0.2) is 0 Å². The van der Waals surface area contributed by atoms with Crippen molar-refractivity contribution < 1.29 is 33.2 Å². The number of ether oxygens (including phenoxy) is 7. The maximum atomic E-state index is 5.65. The minimum atomic E-state index is 0.563. The highest BCUT2D eigenvalue weighted by Crippen LogP contribution is 2.11. The van der Waals surface area contributed by atoms with Crippen molar-refractivity contribution in [3.8, 4) is 0 Å². The van der Waals surface area contributed by atoms with Gasteiger partial charge in [0.25, 0.3) is 0 Å². The lowest BCUT2D eigenvalue weighted by atomic mass is 10.1. The van der Waals surface area contributed by atoms with Gasteiger partial charge in [-0.05, 0) is 19.3 Å². The molecule has 0 aliphatic rings. The van der Waals surface area contributed by atoms with Crippen LogP contribution in [0.5, 0.6) is 0 Å². The molecule has 0 unspecified atom stereocenters. The van der Waals surface area contributed by atoms with Crippen LogP contribution in [0.25, 0.3) is 0 Å². The smallest absolute Gasteiger partial charge is 0.0701 e. The molecule has 0 aromatic carbocycles. The summed E-state index contributed by atoms with van der Waals surface area (Å²) in [6, 6.07) is 0. The van der Waals surface area contributed by atoms with Crippen molar-refractivity contribution in [1.29, 1.82) is 0 Å². The lowest BCUT2D eigenvalue weighted by Crippen LogP contribution is -2.14. The van der Waals surface area contributed by atoms with Crippen LogP contribution in [-0.4, -0.2) is 92.5 Å². The van der Waals surface area contributed by atoms with Gasteiger partial charge in [-0.15, -0.1) is 0 Å². The number of unbranched alkanes of at least 4 members (excludes halogenated alkanes) is 13. The molecular weight excluding hydrogens is 484 g/mol. The molecule has 0 aromatic rings. The number of hydrogen-bond acceptors (Lipinski definition) is 7. The third-order valence-electron chi connectivity index (χ3n) is 6.12. The van der Waals surface area contributed by atoms with Crippen LogP contribution in [0.2, 0.25) is 0 Å². The van der Waals surface area contributed by atoms with E-state index in [1.807, 2.05) is 0 Å². The largest absolute Gasteiger partial charge is 0.379 e. The number of rotatable bonds is 35. The summed E-state index contributed by atoms with van der Waals surface area (Å²) < 4.78 is 38.6. The minimum absolute atomic E-state index is 0.563. The lowest BCUT2D eigenvalue weighted by Gasteiger charge is -2.08. The molecule has 0 heterocycles. The number of hydrogen-bond donors (Lipinski definition) is 0. The highest BCUT2D eigenvalue weighted by Gasteiger charge is 1.96. The molecule has 7 nitrogen and oxygen atoms in total. The summed E-state index contributed by atoms with van der Waals surface area (Å²) in [4.78, 5) is 0. The molecule has 0 spiro atoms. The first-order valence-electron chi connectivity index (χ1n) is 15.8. The van der Waals surface area contributed by atoms with Crippen molar-refractivity contribution in [2.45, 2.75) is 104 Å². The van der Waals surface area contributed by atoms with Crippen molar-refractivity contribution in [1.82, 2.24) is 0 Å². The molecule has 0 amide bonds. The molecular formula is C31H63O7. The topological polar surface area (TPSA) is 64.6 Å². The Morgan fingerprint density at radius 3 is 1.03 bits per heavy atom. The molecule has 0 aliphatic heterocycles. The summed E-state index contributed by atoms with van der Waals surface area (Å²) in [6.07, 6.45) is 20.7. The van der Waals surface area contributed by atoms with Gasteiger partial charge in [0.2, 0.25) is 0 Å². The van der Waals surface area contributed by atoms with Crippen LogP contribution in [-0.2, 0) is 33.2 Å². The van der Waals surface area contributed by atoms with Crippen LogP contribution < -0.4 is 0 Å². The van der Waals surface area contributed by atoms with Gasteiger partial charge in [-0.1, -0.05) is 90.9 Å². The van der Waals surface area contributed by atoms with Crippen LogP contribution in [0.3, 0.4) is 0 Å². The van der Waals surface area contributed by atoms with Gasteiger partial charge in [0, 0.05) is 13.2 Å². The van der Waals surface area contributed by atoms with Gasteiger partial charge < -0.3 is 33.2 Å². The van der Waals surface area contributed by atoms with Gasteiger partial charge in [-0.3, -0.25) is 0 Å². The van der Waals surface area contributed by atoms with E-state index in [4.69, 9.17) is 33.2 Å². The first-order chi connectivity index (χ1) is 18.9. The normalized spacial score (nSPS) is 11.5. The highest BCUT2D eigenvalue weighted by molar-refractivity contribution is 4.62. The van der Waals surface area contributed by atoms with Gasteiger partial charge in [0.05, 0.1) is 79.3 Å². The van der Waals surface area contributed by atoms with E-state index in [2.05, 4.69) is 20.3 Å². The second-order valence-corrected chi connectivity index (χ2v) is 9.72. The van der Waals surface area contributed by atoms with Gasteiger partial charge in [-0.2, -0.15) is 0 Å². The predicted molar refractivity (Wildman–Crippen MR) is 156 cm³/mol. The Labute approximate surface area is 235 Å². The van der Waals surface area contributed by atoms with E-state index in [0.29, 0.717) is 85.9 Å². The van der Waals surface area contributed by atoms with Crippen LogP contribution >= 0.6 is 0 Å². The summed E-state index contributed by atoms with van der Waals surface area (Å²) in [7, 11) is 0. The zero-order valence-electron chi connectivity index (χ0n) is 25.2. The van der Waals surface area contributed by atoms with E-state index in [0.717, 1.165) is 19.4 Å². The molecule has 0 rings (SSSR count). The Hall–Kier alpha value is -0.280. The summed E-state index contributed by atoms with van der Waals surface area (Å²) in [5, 5.41) is 0. The Balaban J connectivity index is 3.01. The molecule has 229 valence electrons. The lowest BCUT2D eigenvalue weighted by molar-refractivity contribution is -0.0200. The van der Waals surface area contributed by atoms with Gasteiger partial charge in [0.1, 0.15) is 0 Å². The van der Waals surface area contributed by atoms with E-state index < -0.39 is 0 Å². The summed E-state index contributed by atoms with van der Waals surface area (Å²) in [6.45, 7) is 13.1. The maximum Gasteiger partial charge on any atom is 0.0701 e. The quantitative estimate of drug-likeness (QED) is 0.0808. The molecule has 7 heteroatoms. The Morgan fingerprint density at radius 1 is 0.316 bits per heavy atom. The van der Waals surface area contributed by atoms with E-state index in [1.54, 1.807) is 0 Å². The highest BCUT2D eigenvalue weighted by atomic mass is 16.6. The molecule has 1 radical (unpaired) electrons. The fourth-order valence-corrected chi connectivity index (χ4v) is 3.79. The molecule has 0 aromatic heterocycles. The third-order valence-corrected chi connectivity index (χ3v) is 6.12. The van der Waals surface area contributed by atoms with Crippen LogP contribution in [0.1, 0.15) is 104 Å². The van der Waals surface area contributed by atoms with Crippen molar-refractivity contribution >= 4 is 0 Å². The summed E-state index contributed by atoms with van der Waals surface area (Å²) >= 11 is 0. The van der Waals surface area contributed by atoms with Crippen LogP contribution in [0.15, 0.2) is 0 Å². The third kappa shape index (κ3) is 35.7. The van der Waals surface area contributed by atoms with Crippen molar-refractivity contribution in [3.63, 3.8) is 0 Å². The van der Waals surface area contributed by atoms with E-state index in [9.17, 15) is 0 Å². The average Bonchev–Trinajstić information content (AvgIpc) is 2.93. The Morgan fingerprint density at radius 2 is 0.632 bits per heavy atom. The molecule has 0 saturated carbocycles. The van der Waals surface area contributed by atoms with Crippen molar-refractivity contribution in [2.75, 3.05) is 92.5 Å². The molecule has 0 saturated heterocycles. The van der Waals surface area contributed by atoms with Crippen LogP contribution in [0.4, 0.5) is 0 Å². The zero-order valence-corrected chi connectivity index (χ0v) is 25.2. The molecule has 0 N–H and O–H groups in total. The molecule has 0 aliphatic carbocycles. The minimum Gasteiger partial charge on any atom is -0.379 e. The van der Waals surface area contributed by atoms with E-state index in [-0.39, 0.29) is 0 Å². The molecule has 0 fully saturated rings. The zero-order chi connectivity index (χ0) is 27.5. The van der Waals surface area contributed by atoms with E-state index >= 15 is 0 Å². The summed E-state index contributed by atoms with van der Waals surface area (Å²) in [5.41, 5.74) is 0. The van der Waals surface area contributed by atoms with Gasteiger partial charge >= 0.3 is 0 Å². The van der Waals surface area contributed by atoms with Gasteiger partial charge in [-0.25, -0.2) is 0 Å². The SMILES string of the molecule is CCCC[CH]COCCOCCOCCOCCOCCOCCOCCCCCCCCCCCCC. The van der Waals surface area contributed by atoms with Crippen LogP contribution in [0, 0.1) is 6.42 Å². The van der Waals surface area contributed by atoms with Crippen molar-refractivity contribution in [3.05, 3.63) is 6.42 Å². The molecule has 0 atom stereocenters. The first-order valence-corrected chi connectivity index (χ1v) is 15.8. The summed E-state index contributed by atoms with van der Waals surface area (Å²) in [5.74, 6) is 0. The van der Waals surface area contributed by atoms with Crippen molar-refractivity contribution in [2.24, 2.45) is 0 Å². The standard InChI is InChI=1S/C31H63O7/c1-3-5-7-9-10-11-12-13-14-15-17-19-33-21-23-35-25-27-37-29-31-38-30-28-36-26-24-34-22-20-32-18-16-8-6-4-2/h16H,3-15,17-31H2,1-2H3.